The Kier molecular flexibility index (Phi) is 3.67. The molecule has 22 heavy (non-hydrogen) atoms. The number of nitrogens with zero attached hydrogens (tertiary/aromatic N) is 2. The Balaban J connectivity index is 1.93. The van der Waals surface area contributed by atoms with Crippen LogP contribution in [0.5, 0.6) is 0 Å². The molecule has 4 nitrogen and oxygen atoms in total. The van der Waals surface area contributed by atoms with Gasteiger partial charge in [-0.15, -0.1) is 0 Å². The van der Waals surface area contributed by atoms with Crippen LogP contribution in [0.1, 0.15) is 22.4 Å². The number of hydrogen-bond acceptors (Lipinski definition) is 3. The van der Waals surface area contributed by atoms with Crippen LogP contribution in [0, 0.1) is 20.8 Å². The van der Waals surface area contributed by atoms with E-state index in [9.17, 15) is 4.79 Å². The topological polar surface area (TPSA) is 46.4 Å². The molecule has 0 spiro atoms. The normalized spacial score (nSPS) is 10.9. The smallest absolute Gasteiger partial charge is 0.258 e. The summed E-state index contributed by atoms with van der Waals surface area (Å²) in [6.07, 6.45) is 1.75. The van der Waals surface area contributed by atoms with E-state index in [4.69, 9.17) is 0 Å². The van der Waals surface area contributed by atoms with E-state index >= 15 is 0 Å². The third-order valence-electron chi connectivity index (χ3n) is 4.00. The first-order chi connectivity index (χ1) is 10.6. The molecule has 1 aromatic carbocycles. The molecule has 112 valence electrons. The second-order valence-electron chi connectivity index (χ2n) is 5.57. The van der Waals surface area contributed by atoms with Crippen molar-refractivity contribution in [3.05, 3.63) is 75.3 Å². The number of benzene rings is 1. The Morgan fingerprint density at radius 2 is 1.86 bits per heavy atom. The summed E-state index contributed by atoms with van der Waals surface area (Å²) in [6.45, 7) is 6.67. The fourth-order valence-corrected chi connectivity index (χ4v) is 2.53. The number of aryl methyl sites for hydroxylation is 2. The molecule has 0 bridgehead atoms. The molecule has 0 radical (unpaired) electrons. The van der Waals surface area contributed by atoms with Crippen molar-refractivity contribution in [2.45, 2.75) is 27.3 Å². The molecule has 2 heterocycles. The van der Waals surface area contributed by atoms with Crippen molar-refractivity contribution in [1.82, 2.24) is 9.38 Å². The Hall–Kier alpha value is -2.62. The molecule has 0 atom stereocenters. The van der Waals surface area contributed by atoms with Gasteiger partial charge in [-0.25, -0.2) is 4.98 Å². The van der Waals surface area contributed by atoms with Crippen LogP contribution in [0.15, 0.2) is 47.4 Å². The lowest BCUT2D eigenvalue weighted by Gasteiger charge is -2.12. The summed E-state index contributed by atoms with van der Waals surface area (Å²) in [7, 11) is 0. The zero-order chi connectivity index (χ0) is 15.7. The molecular weight excluding hydrogens is 274 g/mol. The maximum atomic E-state index is 12.2. The van der Waals surface area contributed by atoms with Crippen LogP contribution in [0.25, 0.3) is 5.65 Å². The number of hydrogen-bond donors (Lipinski definition) is 1. The van der Waals surface area contributed by atoms with E-state index < -0.39 is 0 Å². The van der Waals surface area contributed by atoms with Crippen molar-refractivity contribution in [3.8, 4) is 0 Å². The maximum absolute atomic E-state index is 12.2. The van der Waals surface area contributed by atoms with E-state index in [2.05, 4.69) is 30.2 Å². The number of fused-ring (bicyclic) bond motifs is 1. The van der Waals surface area contributed by atoms with Crippen molar-refractivity contribution < 1.29 is 0 Å². The van der Waals surface area contributed by atoms with Gasteiger partial charge in [0.2, 0.25) is 0 Å². The van der Waals surface area contributed by atoms with E-state index in [-0.39, 0.29) is 5.56 Å². The number of pyridine rings is 1. The first-order valence-electron chi connectivity index (χ1n) is 7.34. The maximum Gasteiger partial charge on any atom is 0.258 e. The lowest BCUT2D eigenvalue weighted by Crippen LogP contribution is -2.17. The number of nitrogens with one attached hydrogen (secondary N) is 1. The van der Waals surface area contributed by atoms with E-state index in [1.54, 1.807) is 16.7 Å². The Bertz CT molecular complexity index is 896. The van der Waals surface area contributed by atoms with Crippen LogP contribution in [-0.4, -0.2) is 9.38 Å². The zero-order valence-corrected chi connectivity index (χ0v) is 13.1. The highest BCUT2D eigenvalue weighted by Crippen LogP contribution is 2.18. The highest BCUT2D eigenvalue weighted by atomic mass is 16.1. The monoisotopic (exact) mass is 293 g/mol. The van der Waals surface area contributed by atoms with Gasteiger partial charge >= 0.3 is 0 Å². The number of aromatic nitrogens is 2. The predicted molar refractivity (Wildman–Crippen MR) is 89.4 cm³/mol. The summed E-state index contributed by atoms with van der Waals surface area (Å²) in [6, 6.07) is 11.6. The van der Waals surface area contributed by atoms with Crippen molar-refractivity contribution >= 4 is 11.3 Å². The Morgan fingerprint density at radius 1 is 1.09 bits per heavy atom. The molecule has 0 unspecified atom stereocenters. The molecule has 0 saturated heterocycles. The molecule has 0 aliphatic carbocycles. The van der Waals surface area contributed by atoms with Crippen LogP contribution >= 0.6 is 0 Å². The first kappa shape index (κ1) is 14.3. The van der Waals surface area contributed by atoms with Gasteiger partial charge in [0.1, 0.15) is 5.65 Å². The lowest BCUT2D eigenvalue weighted by atomic mass is 10.1. The molecule has 0 amide bonds. The molecule has 0 aliphatic rings. The van der Waals surface area contributed by atoms with Gasteiger partial charge in [0, 0.05) is 18.0 Å². The highest BCUT2D eigenvalue weighted by molar-refractivity contribution is 5.54. The summed E-state index contributed by atoms with van der Waals surface area (Å²) in [4.78, 5) is 16.8. The molecule has 0 aliphatic heterocycles. The van der Waals surface area contributed by atoms with Crippen molar-refractivity contribution in [2.75, 3.05) is 5.32 Å². The van der Waals surface area contributed by atoms with E-state index in [1.165, 1.54) is 11.1 Å². The highest BCUT2D eigenvalue weighted by Gasteiger charge is 2.05. The van der Waals surface area contributed by atoms with Crippen LogP contribution in [0.3, 0.4) is 0 Å². The van der Waals surface area contributed by atoms with Crippen molar-refractivity contribution in [1.29, 1.82) is 0 Å². The molecule has 3 rings (SSSR count). The third kappa shape index (κ3) is 2.60. The second-order valence-corrected chi connectivity index (χ2v) is 5.57. The van der Waals surface area contributed by atoms with Crippen LogP contribution < -0.4 is 10.9 Å². The Morgan fingerprint density at radius 3 is 2.68 bits per heavy atom. The van der Waals surface area contributed by atoms with Crippen LogP contribution in [0.2, 0.25) is 0 Å². The molecule has 0 saturated carbocycles. The van der Waals surface area contributed by atoms with E-state index in [0.29, 0.717) is 12.2 Å². The average Bonchev–Trinajstić information content (AvgIpc) is 2.50. The minimum absolute atomic E-state index is 0.0496. The first-order valence-corrected chi connectivity index (χ1v) is 7.34. The summed E-state index contributed by atoms with van der Waals surface area (Å²) in [5.41, 5.74) is 5.95. The van der Waals surface area contributed by atoms with Crippen LogP contribution in [-0.2, 0) is 6.54 Å². The standard InChI is InChI=1S/C18H19N3O/c1-12-6-4-8-16(14(12)3)19-11-15-10-17(22)21-9-5-7-13(2)18(21)20-15/h4-10,19H,11H2,1-3H3. The quantitative estimate of drug-likeness (QED) is 0.806. The van der Waals surface area contributed by atoms with Crippen molar-refractivity contribution in [2.24, 2.45) is 0 Å². The summed E-state index contributed by atoms with van der Waals surface area (Å²) in [5.74, 6) is 0. The molecule has 0 fully saturated rings. The molecule has 1 N–H and O–H groups in total. The molecule has 3 aromatic rings. The minimum Gasteiger partial charge on any atom is -0.379 e. The Labute approximate surface area is 129 Å². The summed E-state index contributed by atoms with van der Waals surface area (Å²) >= 11 is 0. The van der Waals surface area contributed by atoms with Gasteiger partial charge in [0.05, 0.1) is 12.2 Å². The lowest BCUT2D eigenvalue weighted by molar-refractivity contribution is 0.962. The third-order valence-corrected chi connectivity index (χ3v) is 4.00. The fourth-order valence-electron chi connectivity index (χ4n) is 2.53. The van der Waals surface area contributed by atoms with Gasteiger partial charge in [0.25, 0.3) is 5.56 Å². The minimum atomic E-state index is -0.0496. The van der Waals surface area contributed by atoms with E-state index in [0.717, 1.165) is 16.9 Å². The molecule has 2 aromatic heterocycles. The van der Waals surface area contributed by atoms with E-state index in [1.807, 2.05) is 31.2 Å². The summed E-state index contributed by atoms with van der Waals surface area (Å²) in [5, 5.41) is 3.37. The van der Waals surface area contributed by atoms with Crippen LogP contribution in [0.4, 0.5) is 5.69 Å². The fraction of sp³-hybridized carbons (Fsp3) is 0.222. The average molecular weight is 293 g/mol. The van der Waals surface area contributed by atoms with Gasteiger partial charge in [-0.05, 0) is 49.6 Å². The summed E-state index contributed by atoms with van der Waals surface area (Å²) < 4.78 is 1.58. The van der Waals surface area contributed by atoms with Gasteiger partial charge in [-0.3, -0.25) is 9.20 Å². The van der Waals surface area contributed by atoms with Gasteiger partial charge in [-0.2, -0.15) is 0 Å². The second kappa shape index (κ2) is 5.64. The zero-order valence-electron chi connectivity index (χ0n) is 13.1. The van der Waals surface area contributed by atoms with Crippen molar-refractivity contribution in [3.63, 3.8) is 0 Å². The van der Waals surface area contributed by atoms with Gasteiger partial charge in [0.15, 0.2) is 0 Å². The number of anilines is 1. The predicted octanol–water partition coefficient (Wildman–Crippen LogP) is 3.23. The van der Waals surface area contributed by atoms with Gasteiger partial charge in [-0.1, -0.05) is 18.2 Å². The number of rotatable bonds is 3. The largest absolute Gasteiger partial charge is 0.379 e. The van der Waals surface area contributed by atoms with Gasteiger partial charge < -0.3 is 5.32 Å². The molecular formula is C18H19N3O. The SMILES string of the molecule is Cc1cccc(NCc2cc(=O)n3cccc(C)c3n2)c1C. The molecule has 4 heteroatoms.